The minimum absolute atomic E-state index is 0.0845. The zero-order valence-electron chi connectivity index (χ0n) is 12.1. The second-order valence-corrected chi connectivity index (χ2v) is 5.62. The van der Waals surface area contributed by atoms with Crippen molar-refractivity contribution in [1.82, 2.24) is 5.32 Å². The van der Waals surface area contributed by atoms with Gasteiger partial charge in [0.1, 0.15) is 0 Å². The fourth-order valence-electron chi connectivity index (χ4n) is 2.77. The molecule has 1 aliphatic rings. The molecule has 1 saturated heterocycles. The standard InChI is InChI=1S/C15H31NO/c1-4-6-7-10-14(16-12-5-2)15(3)11-8-9-13-17-15/h14,16H,4-13H2,1-3H3. The molecule has 2 heteroatoms. The summed E-state index contributed by atoms with van der Waals surface area (Å²) in [5.41, 5.74) is 0.0845. The highest BCUT2D eigenvalue weighted by Crippen LogP contribution is 2.30. The average Bonchev–Trinajstić information content (AvgIpc) is 2.34. The molecular weight excluding hydrogens is 210 g/mol. The third kappa shape index (κ3) is 4.97. The van der Waals surface area contributed by atoms with Crippen LogP contribution in [0.1, 0.15) is 72.1 Å². The Morgan fingerprint density at radius 3 is 2.59 bits per heavy atom. The molecule has 0 radical (unpaired) electrons. The molecule has 0 aromatic heterocycles. The SMILES string of the molecule is CCCCCC(NCCC)C1(C)CCCCO1. The molecule has 0 aromatic carbocycles. The lowest BCUT2D eigenvalue weighted by molar-refractivity contribution is -0.0903. The van der Waals surface area contributed by atoms with Gasteiger partial charge in [0.15, 0.2) is 0 Å². The predicted molar refractivity (Wildman–Crippen MR) is 74.4 cm³/mol. The van der Waals surface area contributed by atoms with Crippen molar-refractivity contribution in [2.45, 2.75) is 83.8 Å². The van der Waals surface area contributed by atoms with Gasteiger partial charge in [0.25, 0.3) is 0 Å². The number of unbranched alkanes of at least 4 members (excludes halogenated alkanes) is 2. The van der Waals surface area contributed by atoms with Gasteiger partial charge in [-0.2, -0.15) is 0 Å². The lowest BCUT2D eigenvalue weighted by Crippen LogP contribution is -2.52. The Morgan fingerprint density at radius 2 is 2.00 bits per heavy atom. The molecule has 2 atom stereocenters. The number of hydrogen-bond acceptors (Lipinski definition) is 2. The molecule has 1 aliphatic heterocycles. The van der Waals surface area contributed by atoms with Crippen LogP contribution in [-0.4, -0.2) is 24.8 Å². The highest BCUT2D eigenvalue weighted by molar-refractivity contribution is 4.91. The van der Waals surface area contributed by atoms with Gasteiger partial charge < -0.3 is 10.1 Å². The van der Waals surface area contributed by atoms with Crippen LogP contribution in [0.4, 0.5) is 0 Å². The van der Waals surface area contributed by atoms with Crippen LogP contribution in [0.5, 0.6) is 0 Å². The molecule has 0 spiro atoms. The quantitative estimate of drug-likeness (QED) is 0.651. The van der Waals surface area contributed by atoms with Gasteiger partial charge >= 0.3 is 0 Å². The first kappa shape index (κ1) is 15.0. The van der Waals surface area contributed by atoms with Crippen LogP contribution in [0.2, 0.25) is 0 Å². The van der Waals surface area contributed by atoms with Gasteiger partial charge in [-0.15, -0.1) is 0 Å². The largest absolute Gasteiger partial charge is 0.374 e. The first-order valence-electron chi connectivity index (χ1n) is 7.60. The molecule has 1 fully saturated rings. The van der Waals surface area contributed by atoms with Crippen molar-refractivity contribution < 1.29 is 4.74 Å². The Labute approximate surface area is 108 Å². The van der Waals surface area contributed by atoms with Gasteiger partial charge in [0.2, 0.25) is 0 Å². The fourth-order valence-corrected chi connectivity index (χ4v) is 2.77. The van der Waals surface area contributed by atoms with Crippen LogP contribution in [0.3, 0.4) is 0 Å². The molecular formula is C15H31NO. The van der Waals surface area contributed by atoms with Gasteiger partial charge in [-0.05, 0) is 45.6 Å². The summed E-state index contributed by atoms with van der Waals surface area (Å²) < 4.78 is 6.09. The second-order valence-electron chi connectivity index (χ2n) is 5.62. The minimum Gasteiger partial charge on any atom is -0.374 e. The monoisotopic (exact) mass is 241 g/mol. The second kappa shape index (κ2) is 8.10. The van der Waals surface area contributed by atoms with E-state index in [1.165, 1.54) is 51.4 Å². The van der Waals surface area contributed by atoms with Crippen molar-refractivity contribution in [2.24, 2.45) is 0 Å². The number of rotatable bonds is 8. The Hall–Kier alpha value is -0.0800. The van der Waals surface area contributed by atoms with Crippen molar-refractivity contribution in [3.63, 3.8) is 0 Å². The molecule has 17 heavy (non-hydrogen) atoms. The van der Waals surface area contributed by atoms with Crippen LogP contribution in [0.25, 0.3) is 0 Å². The van der Waals surface area contributed by atoms with Crippen LogP contribution in [-0.2, 0) is 4.74 Å². The summed E-state index contributed by atoms with van der Waals surface area (Å²) in [5, 5.41) is 3.71. The molecule has 102 valence electrons. The van der Waals surface area contributed by atoms with E-state index < -0.39 is 0 Å². The van der Waals surface area contributed by atoms with Crippen LogP contribution < -0.4 is 5.32 Å². The first-order valence-corrected chi connectivity index (χ1v) is 7.60. The van der Waals surface area contributed by atoms with Crippen LogP contribution in [0.15, 0.2) is 0 Å². The van der Waals surface area contributed by atoms with E-state index in [4.69, 9.17) is 4.74 Å². The van der Waals surface area contributed by atoms with Crippen molar-refractivity contribution >= 4 is 0 Å². The average molecular weight is 241 g/mol. The molecule has 1 rings (SSSR count). The van der Waals surface area contributed by atoms with Crippen molar-refractivity contribution in [3.8, 4) is 0 Å². The van der Waals surface area contributed by atoms with E-state index in [-0.39, 0.29) is 5.60 Å². The third-order valence-electron chi connectivity index (χ3n) is 3.97. The van der Waals surface area contributed by atoms with E-state index in [0.717, 1.165) is 13.2 Å². The summed E-state index contributed by atoms with van der Waals surface area (Å²) in [6.45, 7) is 8.89. The van der Waals surface area contributed by atoms with E-state index in [0.29, 0.717) is 6.04 Å². The summed E-state index contributed by atoms with van der Waals surface area (Å²) in [6, 6.07) is 0.550. The molecule has 0 amide bonds. The normalized spacial score (nSPS) is 27.0. The Balaban J connectivity index is 2.46. The van der Waals surface area contributed by atoms with Crippen molar-refractivity contribution in [3.05, 3.63) is 0 Å². The highest BCUT2D eigenvalue weighted by Gasteiger charge is 2.35. The van der Waals surface area contributed by atoms with E-state index in [2.05, 4.69) is 26.1 Å². The number of nitrogens with one attached hydrogen (secondary N) is 1. The van der Waals surface area contributed by atoms with Gasteiger partial charge in [-0.25, -0.2) is 0 Å². The summed E-state index contributed by atoms with van der Waals surface area (Å²) in [5.74, 6) is 0. The molecule has 1 heterocycles. The molecule has 0 aliphatic carbocycles. The van der Waals surface area contributed by atoms with E-state index >= 15 is 0 Å². The van der Waals surface area contributed by atoms with E-state index in [9.17, 15) is 0 Å². The van der Waals surface area contributed by atoms with Gasteiger partial charge in [0, 0.05) is 12.6 Å². The molecule has 1 N–H and O–H groups in total. The number of hydrogen-bond donors (Lipinski definition) is 1. The summed E-state index contributed by atoms with van der Waals surface area (Å²) in [6.07, 6.45) is 10.3. The molecule has 2 unspecified atom stereocenters. The molecule has 0 bridgehead atoms. The predicted octanol–water partition coefficient (Wildman–Crippen LogP) is 3.89. The maximum Gasteiger partial charge on any atom is 0.0806 e. The fraction of sp³-hybridized carbons (Fsp3) is 1.00. The first-order chi connectivity index (χ1) is 8.23. The van der Waals surface area contributed by atoms with Gasteiger partial charge in [-0.1, -0.05) is 33.1 Å². The summed E-state index contributed by atoms with van der Waals surface area (Å²) in [4.78, 5) is 0. The van der Waals surface area contributed by atoms with E-state index in [1.54, 1.807) is 0 Å². The summed E-state index contributed by atoms with van der Waals surface area (Å²) in [7, 11) is 0. The van der Waals surface area contributed by atoms with Gasteiger partial charge in [0.05, 0.1) is 5.60 Å². The van der Waals surface area contributed by atoms with Crippen LogP contribution >= 0.6 is 0 Å². The third-order valence-corrected chi connectivity index (χ3v) is 3.97. The minimum atomic E-state index is 0.0845. The van der Waals surface area contributed by atoms with Crippen molar-refractivity contribution in [2.75, 3.05) is 13.2 Å². The van der Waals surface area contributed by atoms with E-state index in [1.807, 2.05) is 0 Å². The molecule has 0 aromatic rings. The number of ether oxygens (including phenoxy) is 1. The zero-order valence-corrected chi connectivity index (χ0v) is 12.1. The lowest BCUT2D eigenvalue weighted by atomic mass is 9.85. The molecule has 2 nitrogen and oxygen atoms in total. The summed E-state index contributed by atoms with van der Waals surface area (Å²) >= 11 is 0. The zero-order chi connectivity index (χ0) is 12.6. The Kier molecular flexibility index (Phi) is 7.14. The topological polar surface area (TPSA) is 21.3 Å². The Bertz CT molecular complexity index is 187. The maximum atomic E-state index is 6.09. The lowest BCUT2D eigenvalue weighted by Gasteiger charge is -2.41. The maximum absolute atomic E-state index is 6.09. The smallest absolute Gasteiger partial charge is 0.0806 e. The van der Waals surface area contributed by atoms with Gasteiger partial charge in [-0.3, -0.25) is 0 Å². The van der Waals surface area contributed by atoms with Crippen molar-refractivity contribution in [1.29, 1.82) is 0 Å². The van der Waals surface area contributed by atoms with Crippen LogP contribution in [0, 0.1) is 0 Å². The highest BCUT2D eigenvalue weighted by atomic mass is 16.5. The Morgan fingerprint density at radius 1 is 1.18 bits per heavy atom. The molecule has 0 saturated carbocycles.